The molecule has 0 aromatic rings. The van der Waals surface area contributed by atoms with Gasteiger partial charge in [0.1, 0.15) is 5.70 Å². The molecule has 1 rings (SSSR count). The summed E-state index contributed by atoms with van der Waals surface area (Å²) in [4.78, 5) is 25.0. The standard InChI is InChI=1S/C6H7N3O3/c1-12-4(10)2-3-5(11)9-6(7)8-3/h2H,1H3,(H3,7,8,9,11)/b3-2-. The first-order chi connectivity index (χ1) is 5.63. The molecule has 0 spiro atoms. The number of hydrogen-bond donors (Lipinski definition) is 2. The molecule has 0 saturated heterocycles. The lowest BCUT2D eigenvalue weighted by Crippen LogP contribution is -2.30. The van der Waals surface area contributed by atoms with Crippen LogP contribution < -0.4 is 11.1 Å². The zero-order valence-corrected chi connectivity index (χ0v) is 6.33. The van der Waals surface area contributed by atoms with Crippen LogP contribution in [0.5, 0.6) is 0 Å². The number of carbonyl (C=O) groups excluding carboxylic acids is 2. The molecule has 3 N–H and O–H groups in total. The number of carbonyl (C=O) groups is 2. The van der Waals surface area contributed by atoms with E-state index in [4.69, 9.17) is 5.73 Å². The minimum absolute atomic E-state index is 0.0184. The third-order valence-corrected chi connectivity index (χ3v) is 1.17. The van der Waals surface area contributed by atoms with Crippen molar-refractivity contribution in [2.45, 2.75) is 0 Å². The molecule has 0 aromatic carbocycles. The van der Waals surface area contributed by atoms with Gasteiger partial charge in [0, 0.05) is 0 Å². The van der Waals surface area contributed by atoms with E-state index >= 15 is 0 Å². The number of methoxy groups -OCH3 is 1. The molecule has 0 atom stereocenters. The van der Waals surface area contributed by atoms with Crippen LogP contribution in [0.4, 0.5) is 0 Å². The first kappa shape index (κ1) is 8.25. The van der Waals surface area contributed by atoms with E-state index in [1.54, 1.807) is 0 Å². The van der Waals surface area contributed by atoms with Crippen molar-refractivity contribution in [1.82, 2.24) is 5.32 Å². The summed E-state index contributed by atoms with van der Waals surface area (Å²) in [6.45, 7) is 0. The van der Waals surface area contributed by atoms with Gasteiger partial charge in [0.2, 0.25) is 5.96 Å². The van der Waals surface area contributed by atoms with Gasteiger partial charge in [0.15, 0.2) is 0 Å². The SMILES string of the molecule is COC(=O)/C=C1\N=C(N)NC1=O. The van der Waals surface area contributed by atoms with Gasteiger partial charge in [-0.25, -0.2) is 9.79 Å². The molecular weight excluding hydrogens is 162 g/mol. The van der Waals surface area contributed by atoms with E-state index < -0.39 is 11.9 Å². The van der Waals surface area contributed by atoms with Crippen molar-refractivity contribution in [3.8, 4) is 0 Å². The number of nitrogens with two attached hydrogens (primary N) is 1. The lowest BCUT2D eigenvalue weighted by atomic mass is 10.4. The van der Waals surface area contributed by atoms with Gasteiger partial charge in [0.25, 0.3) is 5.91 Å². The Labute approximate surface area is 68.1 Å². The molecule has 1 heterocycles. The van der Waals surface area contributed by atoms with Crippen molar-refractivity contribution in [1.29, 1.82) is 0 Å². The van der Waals surface area contributed by atoms with Crippen LogP contribution in [0, 0.1) is 0 Å². The Morgan fingerprint density at radius 2 is 2.42 bits per heavy atom. The van der Waals surface area contributed by atoms with Crippen LogP contribution in [0.2, 0.25) is 0 Å². The van der Waals surface area contributed by atoms with Crippen LogP contribution >= 0.6 is 0 Å². The summed E-state index contributed by atoms with van der Waals surface area (Å²) in [5, 5.41) is 2.21. The van der Waals surface area contributed by atoms with Crippen LogP contribution in [-0.2, 0) is 14.3 Å². The summed E-state index contributed by atoms with van der Waals surface area (Å²) in [6.07, 6.45) is 0.967. The molecule has 0 radical (unpaired) electrons. The number of rotatable bonds is 1. The quantitative estimate of drug-likeness (QED) is 0.368. The van der Waals surface area contributed by atoms with E-state index in [1.807, 2.05) is 0 Å². The Bertz CT molecular complexity index is 292. The van der Waals surface area contributed by atoms with Gasteiger partial charge >= 0.3 is 5.97 Å². The Balaban J connectivity index is 2.82. The maximum Gasteiger partial charge on any atom is 0.332 e. The summed E-state index contributed by atoms with van der Waals surface area (Å²) in [6, 6.07) is 0. The lowest BCUT2D eigenvalue weighted by Gasteiger charge is -1.90. The van der Waals surface area contributed by atoms with Crippen LogP contribution in [-0.4, -0.2) is 24.9 Å². The van der Waals surface area contributed by atoms with Crippen LogP contribution in [0.25, 0.3) is 0 Å². The topological polar surface area (TPSA) is 93.8 Å². The Morgan fingerprint density at radius 1 is 1.75 bits per heavy atom. The first-order valence-electron chi connectivity index (χ1n) is 3.08. The number of guanidine groups is 1. The summed E-state index contributed by atoms with van der Waals surface area (Å²) in [5.74, 6) is -1.16. The second-order valence-electron chi connectivity index (χ2n) is 2.00. The molecule has 64 valence electrons. The molecule has 0 aromatic heterocycles. The molecule has 0 saturated carbocycles. The monoisotopic (exact) mass is 169 g/mol. The Kier molecular flexibility index (Phi) is 2.09. The summed E-state index contributed by atoms with van der Waals surface area (Å²) in [7, 11) is 1.21. The third-order valence-electron chi connectivity index (χ3n) is 1.17. The number of hydrogen-bond acceptors (Lipinski definition) is 5. The average Bonchev–Trinajstić information content (AvgIpc) is 2.30. The van der Waals surface area contributed by atoms with Crippen molar-refractivity contribution >= 4 is 17.8 Å². The molecule has 6 nitrogen and oxygen atoms in total. The van der Waals surface area contributed by atoms with Crippen LogP contribution in [0.3, 0.4) is 0 Å². The van der Waals surface area contributed by atoms with Crippen molar-refractivity contribution in [3.63, 3.8) is 0 Å². The van der Waals surface area contributed by atoms with E-state index in [1.165, 1.54) is 7.11 Å². The highest BCUT2D eigenvalue weighted by Gasteiger charge is 2.18. The fraction of sp³-hybridized carbons (Fsp3) is 0.167. The average molecular weight is 169 g/mol. The predicted octanol–water partition coefficient (Wildman–Crippen LogP) is -1.51. The van der Waals surface area contributed by atoms with Crippen LogP contribution in [0.1, 0.15) is 0 Å². The van der Waals surface area contributed by atoms with Gasteiger partial charge in [0.05, 0.1) is 13.2 Å². The largest absolute Gasteiger partial charge is 0.466 e. The molecule has 12 heavy (non-hydrogen) atoms. The number of nitrogens with one attached hydrogen (secondary N) is 1. The molecule has 1 amide bonds. The molecular formula is C6H7N3O3. The Morgan fingerprint density at radius 3 is 2.83 bits per heavy atom. The number of nitrogens with zero attached hydrogens (tertiary/aromatic N) is 1. The zero-order valence-electron chi connectivity index (χ0n) is 6.33. The summed E-state index contributed by atoms with van der Waals surface area (Å²) >= 11 is 0. The first-order valence-corrected chi connectivity index (χ1v) is 3.08. The molecule has 6 heteroatoms. The molecule has 0 aliphatic carbocycles. The minimum Gasteiger partial charge on any atom is -0.466 e. The minimum atomic E-state index is -0.640. The third kappa shape index (κ3) is 1.60. The number of amides is 1. The van der Waals surface area contributed by atoms with Gasteiger partial charge in [-0.3, -0.25) is 10.1 Å². The molecule has 0 unspecified atom stereocenters. The maximum atomic E-state index is 10.9. The van der Waals surface area contributed by atoms with E-state index in [9.17, 15) is 9.59 Å². The molecule has 0 fully saturated rings. The highest BCUT2D eigenvalue weighted by molar-refractivity contribution is 6.13. The van der Waals surface area contributed by atoms with Crippen molar-refractivity contribution < 1.29 is 14.3 Å². The summed E-state index contributed by atoms with van der Waals surface area (Å²) in [5.41, 5.74) is 5.12. The van der Waals surface area contributed by atoms with Gasteiger partial charge in [-0.1, -0.05) is 0 Å². The maximum absolute atomic E-state index is 10.9. The highest BCUT2D eigenvalue weighted by atomic mass is 16.5. The predicted molar refractivity (Wildman–Crippen MR) is 39.9 cm³/mol. The summed E-state index contributed by atoms with van der Waals surface area (Å²) < 4.78 is 4.29. The van der Waals surface area contributed by atoms with E-state index in [-0.39, 0.29) is 11.7 Å². The van der Waals surface area contributed by atoms with Gasteiger partial charge in [-0.05, 0) is 0 Å². The second-order valence-corrected chi connectivity index (χ2v) is 2.00. The van der Waals surface area contributed by atoms with E-state index in [0.717, 1.165) is 6.08 Å². The number of ether oxygens (including phenoxy) is 1. The molecule has 0 bridgehead atoms. The molecule has 1 aliphatic heterocycles. The fourth-order valence-corrected chi connectivity index (χ4v) is 0.657. The fourth-order valence-electron chi connectivity index (χ4n) is 0.657. The van der Waals surface area contributed by atoms with E-state index in [0.29, 0.717) is 0 Å². The van der Waals surface area contributed by atoms with Crippen molar-refractivity contribution in [3.05, 3.63) is 11.8 Å². The van der Waals surface area contributed by atoms with Gasteiger partial charge in [-0.15, -0.1) is 0 Å². The number of esters is 1. The smallest absolute Gasteiger partial charge is 0.332 e. The van der Waals surface area contributed by atoms with Crippen molar-refractivity contribution in [2.75, 3.05) is 7.11 Å². The lowest BCUT2D eigenvalue weighted by molar-refractivity contribution is -0.135. The van der Waals surface area contributed by atoms with Crippen LogP contribution in [0.15, 0.2) is 16.8 Å². The zero-order chi connectivity index (χ0) is 9.14. The number of aliphatic imine (C=N–C) groups is 1. The van der Waals surface area contributed by atoms with E-state index in [2.05, 4.69) is 15.0 Å². The second kappa shape index (κ2) is 3.04. The Hall–Kier alpha value is -1.85. The van der Waals surface area contributed by atoms with Gasteiger partial charge < -0.3 is 10.5 Å². The van der Waals surface area contributed by atoms with Crippen molar-refractivity contribution in [2.24, 2.45) is 10.7 Å². The van der Waals surface area contributed by atoms with Gasteiger partial charge in [-0.2, -0.15) is 0 Å². The highest BCUT2D eigenvalue weighted by Crippen LogP contribution is 2.02. The molecule has 1 aliphatic rings. The normalized spacial score (nSPS) is 18.9.